The van der Waals surface area contributed by atoms with Crippen LogP contribution in [-0.4, -0.2) is 83.4 Å². The summed E-state index contributed by atoms with van der Waals surface area (Å²) < 4.78 is 55.2. The number of anilines is 1. The fourth-order valence-corrected chi connectivity index (χ4v) is 5.20. The quantitative estimate of drug-likeness (QED) is 0.216. The van der Waals surface area contributed by atoms with Gasteiger partial charge in [-0.2, -0.15) is 4.90 Å². The van der Waals surface area contributed by atoms with Gasteiger partial charge in [-0.25, -0.2) is 37.9 Å². The number of imidazole rings is 1. The number of amides is 2. The predicted octanol–water partition coefficient (Wildman–Crippen LogP) is 5.51. The van der Waals surface area contributed by atoms with E-state index in [2.05, 4.69) is 9.97 Å². The molecule has 0 bridgehead atoms. The molecule has 0 spiro atoms. The predicted molar refractivity (Wildman–Crippen MR) is 178 cm³/mol. The maximum atomic E-state index is 13.6. The van der Waals surface area contributed by atoms with Gasteiger partial charge in [0.2, 0.25) is 11.5 Å². The maximum absolute atomic E-state index is 13.6. The van der Waals surface area contributed by atoms with Gasteiger partial charge in [-0.3, -0.25) is 4.57 Å². The molecular formula is C32H40N6O9S. The topological polar surface area (TPSA) is 174 Å². The van der Waals surface area contributed by atoms with Crippen LogP contribution in [0.5, 0.6) is 17.4 Å². The summed E-state index contributed by atoms with van der Waals surface area (Å²) in [5, 5.41) is 0. The third-order valence-corrected chi connectivity index (χ3v) is 6.98. The number of hydrogen-bond donors (Lipinski definition) is 0. The van der Waals surface area contributed by atoms with Gasteiger partial charge in [0.1, 0.15) is 39.8 Å². The lowest BCUT2D eigenvalue weighted by atomic mass is 10.2. The minimum Gasteiger partial charge on any atom is -0.494 e. The summed E-state index contributed by atoms with van der Waals surface area (Å²) >= 11 is 0. The van der Waals surface area contributed by atoms with Crippen LogP contribution in [0.15, 0.2) is 36.4 Å². The molecule has 0 radical (unpaired) electrons. The second-order valence-electron chi connectivity index (χ2n) is 12.6. The second kappa shape index (κ2) is 13.6. The van der Waals surface area contributed by atoms with E-state index in [1.165, 1.54) is 14.2 Å². The first-order chi connectivity index (χ1) is 22.4. The molecule has 0 N–H and O–H groups in total. The molecule has 3 aromatic heterocycles. The van der Waals surface area contributed by atoms with Gasteiger partial charge >= 0.3 is 12.2 Å². The number of aromatic nitrogens is 5. The third kappa shape index (κ3) is 8.29. The van der Waals surface area contributed by atoms with E-state index in [-0.39, 0.29) is 22.8 Å². The van der Waals surface area contributed by atoms with E-state index in [4.69, 9.17) is 33.7 Å². The molecule has 4 rings (SSSR count). The van der Waals surface area contributed by atoms with E-state index >= 15 is 0 Å². The summed E-state index contributed by atoms with van der Waals surface area (Å²) in [5.41, 5.74) is -1.68. The zero-order valence-corrected chi connectivity index (χ0v) is 29.5. The number of imide groups is 1. The van der Waals surface area contributed by atoms with Crippen molar-refractivity contribution in [2.24, 2.45) is 0 Å². The number of pyridine rings is 1. The lowest BCUT2D eigenvalue weighted by molar-refractivity contribution is 0.0428. The number of hydrogen-bond acceptors (Lipinski definition) is 13. The maximum Gasteiger partial charge on any atom is 0.425 e. The van der Waals surface area contributed by atoms with E-state index in [1.54, 1.807) is 82.5 Å². The van der Waals surface area contributed by atoms with Crippen molar-refractivity contribution in [3.63, 3.8) is 0 Å². The number of benzene rings is 1. The Morgan fingerprint density at radius 1 is 0.833 bits per heavy atom. The molecule has 0 saturated carbocycles. The molecule has 0 atom stereocenters. The molecule has 1 aromatic carbocycles. The molecule has 0 saturated heterocycles. The summed E-state index contributed by atoms with van der Waals surface area (Å²) in [7, 11) is -0.874. The number of methoxy groups -OCH3 is 2. The fraction of sp³-hybridized carbons (Fsp3) is 0.438. The van der Waals surface area contributed by atoms with Gasteiger partial charge in [0, 0.05) is 12.3 Å². The van der Waals surface area contributed by atoms with Gasteiger partial charge in [0.25, 0.3) is 0 Å². The molecule has 0 aliphatic rings. The average molecular weight is 685 g/mol. The molecular weight excluding hydrogens is 644 g/mol. The van der Waals surface area contributed by atoms with Crippen LogP contribution in [0.1, 0.15) is 54.2 Å². The number of ether oxygens (including phenoxy) is 5. The molecule has 2 amide bonds. The van der Waals surface area contributed by atoms with Crippen molar-refractivity contribution in [1.29, 1.82) is 0 Å². The molecule has 3 heterocycles. The Kier molecular flexibility index (Phi) is 10.2. The summed E-state index contributed by atoms with van der Waals surface area (Å²) in [5.74, 6) is 0.0790. The van der Waals surface area contributed by atoms with Crippen molar-refractivity contribution in [3.8, 4) is 34.6 Å². The van der Waals surface area contributed by atoms with Crippen LogP contribution >= 0.6 is 0 Å². The summed E-state index contributed by atoms with van der Waals surface area (Å²) in [4.78, 5) is 46.4. The number of carbonyl (C=O) groups is 2. The Hall–Kier alpha value is -4.99. The Morgan fingerprint density at radius 3 is 1.90 bits per heavy atom. The standard InChI is InChI=1S/C32H40N6O9S/c1-11-45-23-17-12-14-19(33-23)26-35-25-28(37(26)24-21(43-8)15-13-16-22(24)44-9)34-20(18-48(10,41)42)27(36-25)38(29(39)46-31(2,3)4)30(40)47-32(5,6)7/h12-17H,11,18H2,1-10H3. The Bertz CT molecular complexity index is 1900. The highest BCUT2D eigenvalue weighted by molar-refractivity contribution is 7.89. The third-order valence-electron chi connectivity index (χ3n) is 6.18. The van der Waals surface area contributed by atoms with Crippen LogP contribution in [0.25, 0.3) is 28.5 Å². The lowest BCUT2D eigenvalue weighted by Gasteiger charge is -2.28. The fourth-order valence-electron chi connectivity index (χ4n) is 4.51. The first-order valence-electron chi connectivity index (χ1n) is 14.9. The van der Waals surface area contributed by atoms with Gasteiger partial charge in [-0.1, -0.05) is 12.1 Å². The van der Waals surface area contributed by atoms with Gasteiger partial charge < -0.3 is 23.7 Å². The highest BCUT2D eigenvalue weighted by Crippen LogP contribution is 2.39. The first kappa shape index (κ1) is 35.9. The molecule has 15 nitrogen and oxygen atoms in total. The average Bonchev–Trinajstić information content (AvgIpc) is 3.32. The minimum absolute atomic E-state index is 0.0483. The second-order valence-corrected chi connectivity index (χ2v) is 14.7. The highest BCUT2D eigenvalue weighted by Gasteiger charge is 2.37. The van der Waals surface area contributed by atoms with Crippen molar-refractivity contribution >= 4 is 39.1 Å². The summed E-state index contributed by atoms with van der Waals surface area (Å²) in [6.45, 7) is 11.9. The lowest BCUT2D eigenvalue weighted by Crippen LogP contribution is -2.45. The van der Waals surface area contributed by atoms with Crippen LogP contribution < -0.4 is 19.1 Å². The van der Waals surface area contributed by atoms with Crippen molar-refractivity contribution < 1.29 is 41.7 Å². The normalized spacial score (nSPS) is 12.0. The van der Waals surface area contributed by atoms with Crippen LogP contribution in [0, 0.1) is 0 Å². The molecule has 16 heteroatoms. The van der Waals surface area contributed by atoms with Crippen molar-refractivity contribution in [1.82, 2.24) is 24.5 Å². The largest absolute Gasteiger partial charge is 0.494 e. The Labute approximate surface area is 279 Å². The van der Waals surface area contributed by atoms with E-state index < -0.39 is 44.8 Å². The van der Waals surface area contributed by atoms with Crippen molar-refractivity contribution in [2.45, 2.75) is 65.4 Å². The monoisotopic (exact) mass is 684 g/mol. The SMILES string of the molecule is CCOc1cccc(-c2nc3nc(N(C(=O)OC(C)(C)C)C(=O)OC(C)(C)C)c(CS(C)(=O)=O)nc3n2-c2c(OC)cccc2OC)n1. The van der Waals surface area contributed by atoms with Crippen LogP contribution in [0.2, 0.25) is 0 Å². The molecule has 0 fully saturated rings. The van der Waals surface area contributed by atoms with Crippen LogP contribution in [-0.2, 0) is 25.1 Å². The minimum atomic E-state index is -3.83. The Balaban J connectivity index is 2.16. The van der Waals surface area contributed by atoms with Crippen LogP contribution in [0.4, 0.5) is 15.4 Å². The van der Waals surface area contributed by atoms with E-state index in [1.807, 2.05) is 6.92 Å². The molecule has 0 unspecified atom stereocenters. The number of nitrogens with zero attached hydrogens (tertiary/aromatic N) is 6. The zero-order valence-electron chi connectivity index (χ0n) is 28.6. The summed E-state index contributed by atoms with van der Waals surface area (Å²) in [6.07, 6.45) is -1.32. The smallest absolute Gasteiger partial charge is 0.425 e. The number of carbonyl (C=O) groups excluding carboxylic acids is 2. The number of rotatable bonds is 9. The molecule has 4 aromatic rings. The number of fused-ring (bicyclic) bond motifs is 1. The molecule has 0 aliphatic heterocycles. The van der Waals surface area contributed by atoms with E-state index in [0.717, 1.165) is 6.26 Å². The van der Waals surface area contributed by atoms with Crippen molar-refractivity contribution in [2.75, 3.05) is 32.0 Å². The van der Waals surface area contributed by atoms with Gasteiger partial charge in [0.15, 0.2) is 27.1 Å². The van der Waals surface area contributed by atoms with Crippen LogP contribution in [0.3, 0.4) is 0 Å². The van der Waals surface area contributed by atoms with Crippen molar-refractivity contribution in [3.05, 3.63) is 42.1 Å². The molecule has 48 heavy (non-hydrogen) atoms. The van der Waals surface area contributed by atoms with E-state index in [0.29, 0.717) is 40.3 Å². The molecule has 258 valence electrons. The first-order valence-corrected chi connectivity index (χ1v) is 17.0. The number of sulfone groups is 1. The Morgan fingerprint density at radius 2 is 1.40 bits per heavy atom. The number of para-hydroxylation sites is 1. The van der Waals surface area contributed by atoms with Gasteiger partial charge in [-0.05, 0) is 66.7 Å². The van der Waals surface area contributed by atoms with E-state index in [9.17, 15) is 18.0 Å². The zero-order chi connectivity index (χ0) is 35.6. The molecule has 0 aliphatic carbocycles. The summed E-state index contributed by atoms with van der Waals surface area (Å²) in [6, 6.07) is 10.2. The highest BCUT2D eigenvalue weighted by atomic mass is 32.2. The van der Waals surface area contributed by atoms with Gasteiger partial charge in [-0.15, -0.1) is 0 Å². The van der Waals surface area contributed by atoms with Gasteiger partial charge in [0.05, 0.1) is 26.6 Å².